The molecule has 1 nitrogen and oxygen atoms in total. The lowest BCUT2D eigenvalue weighted by atomic mass is 9.98. The molecule has 0 bridgehead atoms. The maximum atomic E-state index is 3.86. The third-order valence-electron chi connectivity index (χ3n) is 4.00. The zero-order valence-electron chi connectivity index (χ0n) is 12.3. The SMILES string of the molecule is CCSCCC(C)NC1CCCCc2ccccc21. The van der Waals surface area contributed by atoms with E-state index in [9.17, 15) is 0 Å². The van der Waals surface area contributed by atoms with E-state index in [0.717, 1.165) is 0 Å². The van der Waals surface area contributed by atoms with Crippen LogP contribution in [-0.2, 0) is 6.42 Å². The highest BCUT2D eigenvalue weighted by atomic mass is 32.2. The maximum Gasteiger partial charge on any atom is 0.0325 e. The molecule has 1 N–H and O–H groups in total. The Hall–Kier alpha value is -0.470. The van der Waals surface area contributed by atoms with Crippen molar-refractivity contribution in [2.24, 2.45) is 0 Å². The first kappa shape index (κ1) is 14.9. The second-order valence-corrected chi connectivity index (χ2v) is 6.94. The second-order valence-electron chi connectivity index (χ2n) is 5.55. The molecule has 0 amide bonds. The summed E-state index contributed by atoms with van der Waals surface area (Å²) in [5.41, 5.74) is 3.11. The standard InChI is InChI=1S/C17H27NS/c1-3-19-13-12-14(2)18-17-11-7-5-9-15-8-4-6-10-16(15)17/h4,6,8,10,14,17-18H,3,5,7,9,11-13H2,1-2H3. The monoisotopic (exact) mass is 277 g/mol. The lowest BCUT2D eigenvalue weighted by Gasteiger charge is -2.24. The van der Waals surface area contributed by atoms with Crippen LogP contribution in [0.25, 0.3) is 0 Å². The van der Waals surface area contributed by atoms with Gasteiger partial charge in [-0.2, -0.15) is 11.8 Å². The molecular formula is C17H27NS. The van der Waals surface area contributed by atoms with Crippen molar-refractivity contribution in [1.82, 2.24) is 5.32 Å². The zero-order chi connectivity index (χ0) is 13.5. The Morgan fingerprint density at radius 1 is 1.32 bits per heavy atom. The summed E-state index contributed by atoms with van der Waals surface area (Å²) < 4.78 is 0. The zero-order valence-corrected chi connectivity index (χ0v) is 13.1. The van der Waals surface area contributed by atoms with Crippen LogP contribution in [0.2, 0.25) is 0 Å². The first-order valence-electron chi connectivity index (χ1n) is 7.73. The van der Waals surface area contributed by atoms with Crippen LogP contribution >= 0.6 is 11.8 Å². The van der Waals surface area contributed by atoms with Gasteiger partial charge in [-0.15, -0.1) is 0 Å². The van der Waals surface area contributed by atoms with E-state index >= 15 is 0 Å². The Morgan fingerprint density at radius 2 is 2.16 bits per heavy atom. The molecule has 1 aromatic rings. The number of benzene rings is 1. The van der Waals surface area contributed by atoms with Crippen molar-refractivity contribution in [3.63, 3.8) is 0 Å². The fourth-order valence-electron chi connectivity index (χ4n) is 2.93. The van der Waals surface area contributed by atoms with Gasteiger partial charge >= 0.3 is 0 Å². The third kappa shape index (κ3) is 4.54. The first-order valence-corrected chi connectivity index (χ1v) is 8.88. The number of fused-ring (bicyclic) bond motifs is 1. The number of aryl methyl sites for hydroxylation is 1. The molecule has 0 aliphatic heterocycles. The highest BCUT2D eigenvalue weighted by Crippen LogP contribution is 2.29. The van der Waals surface area contributed by atoms with E-state index in [0.29, 0.717) is 12.1 Å². The quantitative estimate of drug-likeness (QED) is 0.603. The van der Waals surface area contributed by atoms with Crippen molar-refractivity contribution < 1.29 is 0 Å². The van der Waals surface area contributed by atoms with Gasteiger partial charge in [-0.3, -0.25) is 0 Å². The molecule has 2 atom stereocenters. The minimum Gasteiger partial charge on any atom is -0.307 e. The highest BCUT2D eigenvalue weighted by molar-refractivity contribution is 7.99. The minimum atomic E-state index is 0.570. The molecule has 106 valence electrons. The Labute approximate surface area is 122 Å². The van der Waals surface area contributed by atoms with Crippen LogP contribution in [0.3, 0.4) is 0 Å². The molecule has 0 fully saturated rings. The summed E-state index contributed by atoms with van der Waals surface area (Å²) in [6.07, 6.45) is 6.52. The smallest absolute Gasteiger partial charge is 0.0325 e. The molecular weight excluding hydrogens is 250 g/mol. The second kappa shape index (κ2) is 7.96. The summed E-state index contributed by atoms with van der Waals surface area (Å²) in [4.78, 5) is 0. The number of hydrogen-bond donors (Lipinski definition) is 1. The molecule has 19 heavy (non-hydrogen) atoms. The van der Waals surface area contributed by atoms with E-state index < -0.39 is 0 Å². The van der Waals surface area contributed by atoms with Gasteiger partial charge in [0.25, 0.3) is 0 Å². The van der Waals surface area contributed by atoms with Crippen molar-refractivity contribution in [3.05, 3.63) is 35.4 Å². The molecule has 0 radical (unpaired) electrons. The van der Waals surface area contributed by atoms with E-state index in [2.05, 4.69) is 43.4 Å². The fraction of sp³-hybridized carbons (Fsp3) is 0.647. The molecule has 0 aromatic heterocycles. The predicted octanol–water partition coefficient (Wildman–Crippen LogP) is 4.58. The van der Waals surface area contributed by atoms with E-state index in [-0.39, 0.29) is 0 Å². The Kier molecular flexibility index (Phi) is 6.25. The largest absolute Gasteiger partial charge is 0.307 e. The minimum absolute atomic E-state index is 0.570. The summed E-state index contributed by atoms with van der Waals surface area (Å²) in [7, 11) is 0. The lowest BCUT2D eigenvalue weighted by Crippen LogP contribution is -2.31. The summed E-state index contributed by atoms with van der Waals surface area (Å²) in [6, 6.07) is 10.2. The van der Waals surface area contributed by atoms with Crippen LogP contribution in [0.4, 0.5) is 0 Å². The van der Waals surface area contributed by atoms with E-state index in [1.54, 1.807) is 11.1 Å². The van der Waals surface area contributed by atoms with Gasteiger partial charge in [0.1, 0.15) is 0 Å². The Balaban J connectivity index is 1.95. The summed E-state index contributed by atoms with van der Waals surface area (Å²) >= 11 is 2.05. The molecule has 1 aromatic carbocycles. The van der Waals surface area contributed by atoms with E-state index in [1.165, 1.54) is 43.6 Å². The topological polar surface area (TPSA) is 12.0 Å². The van der Waals surface area contributed by atoms with E-state index in [1.807, 2.05) is 11.8 Å². The molecule has 2 unspecified atom stereocenters. The molecule has 0 heterocycles. The van der Waals surface area contributed by atoms with Gasteiger partial charge in [0.15, 0.2) is 0 Å². The molecule has 0 saturated heterocycles. The molecule has 2 heteroatoms. The van der Waals surface area contributed by atoms with Crippen molar-refractivity contribution in [2.45, 2.75) is 58.0 Å². The lowest BCUT2D eigenvalue weighted by molar-refractivity contribution is 0.423. The average molecular weight is 277 g/mol. The van der Waals surface area contributed by atoms with Gasteiger partial charge in [-0.25, -0.2) is 0 Å². The van der Waals surface area contributed by atoms with Gasteiger partial charge in [0, 0.05) is 12.1 Å². The van der Waals surface area contributed by atoms with Crippen LogP contribution in [0.5, 0.6) is 0 Å². The average Bonchev–Trinajstić information content (AvgIpc) is 2.62. The number of nitrogens with one attached hydrogen (secondary N) is 1. The molecule has 1 aliphatic carbocycles. The third-order valence-corrected chi connectivity index (χ3v) is 4.94. The van der Waals surface area contributed by atoms with Crippen molar-refractivity contribution in [3.8, 4) is 0 Å². The van der Waals surface area contributed by atoms with Crippen molar-refractivity contribution >= 4 is 11.8 Å². The fourth-order valence-corrected chi connectivity index (χ4v) is 3.73. The predicted molar refractivity (Wildman–Crippen MR) is 87.0 cm³/mol. The van der Waals surface area contributed by atoms with Crippen LogP contribution in [0.1, 0.15) is 56.7 Å². The van der Waals surface area contributed by atoms with Gasteiger partial charge in [-0.05, 0) is 55.2 Å². The van der Waals surface area contributed by atoms with Crippen molar-refractivity contribution in [1.29, 1.82) is 0 Å². The highest BCUT2D eigenvalue weighted by Gasteiger charge is 2.19. The van der Waals surface area contributed by atoms with Gasteiger partial charge in [0.2, 0.25) is 0 Å². The maximum absolute atomic E-state index is 3.86. The number of rotatable bonds is 6. The van der Waals surface area contributed by atoms with Gasteiger partial charge in [0.05, 0.1) is 0 Å². The Bertz CT molecular complexity index is 377. The molecule has 0 spiro atoms. The summed E-state index contributed by atoms with van der Waals surface area (Å²) in [5.74, 6) is 2.51. The van der Waals surface area contributed by atoms with Crippen LogP contribution in [0, 0.1) is 0 Å². The number of hydrogen-bond acceptors (Lipinski definition) is 2. The van der Waals surface area contributed by atoms with Crippen LogP contribution < -0.4 is 5.32 Å². The van der Waals surface area contributed by atoms with Crippen molar-refractivity contribution in [2.75, 3.05) is 11.5 Å². The first-order chi connectivity index (χ1) is 9.31. The molecule has 2 rings (SSSR count). The van der Waals surface area contributed by atoms with Crippen LogP contribution in [-0.4, -0.2) is 17.5 Å². The van der Waals surface area contributed by atoms with E-state index in [4.69, 9.17) is 0 Å². The number of thioether (sulfide) groups is 1. The summed E-state index contributed by atoms with van der Waals surface area (Å²) in [5, 5.41) is 3.86. The molecule has 1 aliphatic rings. The van der Waals surface area contributed by atoms with Gasteiger partial charge < -0.3 is 5.32 Å². The summed E-state index contributed by atoms with van der Waals surface area (Å²) in [6.45, 7) is 4.58. The van der Waals surface area contributed by atoms with Crippen LogP contribution in [0.15, 0.2) is 24.3 Å². The Morgan fingerprint density at radius 3 is 3.00 bits per heavy atom. The van der Waals surface area contributed by atoms with Gasteiger partial charge in [-0.1, -0.05) is 37.6 Å². The molecule has 0 saturated carbocycles. The normalized spacial score (nSPS) is 20.6.